The summed E-state index contributed by atoms with van der Waals surface area (Å²) in [5.41, 5.74) is 2.12. The van der Waals surface area contributed by atoms with Gasteiger partial charge >= 0.3 is 18.9 Å². The molecule has 110 valence electrons. The number of hydrogen-bond donors (Lipinski definition) is 0. The minimum atomic E-state index is -4.16. The van der Waals surface area contributed by atoms with Crippen molar-refractivity contribution >= 4 is 33.3 Å². The van der Waals surface area contributed by atoms with Gasteiger partial charge in [-0.15, -0.1) is 0 Å². The molecular weight excluding hydrogens is 313 g/mol. The monoisotopic (exact) mass is 327 g/mol. The van der Waals surface area contributed by atoms with Gasteiger partial charge in [-0.05, 0) is 30.7 Å². The van der Waals surface area contributed by atoms with E-state index in [2.05, 4.69) is 4.90 Å². The molecule has 2 aromatic rings. The van der Waals surface area contributed by atoms with Crippen LogP contribution in [0.25, 0.3) is 0 Å². The molecule has 1 aliphatic heterocycles. The number of rotatable bonds is 4. The molecule has 0 N–H and O–H groups in total. The molecule has 0 spiro atoms. The van der Waals surface area contributed by atoms with E-state index in [-0.39, 0.29) is 24.6 Å². The van der Waals surface area contributed by atoms with Crippen molar-refractivity contribution in [3.8, 4) is 0 Å². The van der Waals surface area contributed by atoms with Crippen LogP contribution in [0.1, 0.15) is 6.42 Å². The third-order valence-corrected chi connectivity index (χ3v) is 5.23. The Balaban J connectivity index is 0.00000176. The second kappa shape index (κ2) is 7.11. The molecule has 0 aliphatic carbocycles. The number of nitrogens with zero attached hydrogens (tertiary/aromatic N) is 1. The van der Waals surface area contributed by atoms with Crippen molar-refractivity contribution in [1.82, 2.24) is 0 Å². The zero-order chi connectivity index (χ0) is 14.9. The van der Waals surface area contributed by atoms with Crippen LogP contribution in [0.2, 0.25) is 0 Å². The van der Waals surface area contributed by atoms with Crippen LogP contribution in [-0.2, 0) is 10.1 Å². The molecule has 0 saturated carbocycles. The van der Waals surface area contributed by atoms with E-state index in [1.807, 2.05) is 48.5 Å². The molecule has 0 atom stereocenters. The Bertz CT molecular complexity index is 719. The standard InChI is InChI=1S/C15H15NO3S2.Li/c17-21(18,19)11-5-10-16-12-6-1-3-8-14(12)20-15-9-4-2-7-13(15)16;/h1-4,6-9H,5,10-11H2,(H,17,18,19);/q;+1/p-1. The van der Waals surface area contributed by atoms with Crippen molar-refractivity contribution in [2.24, 2.45) is 0 Å². The first-order chi connectivity index (χ1) is 10.0. The minimum absolute atomic E-state index is 0. The average Bonchev–Trinajstić information content (AvgIpc) is 2.45. The van der Waals surface area contributed by atoms with Crippen molar-refractivity contribution in [2.75, 3.05) is 17.2 Å². The van der Waals surface area contributed by atoms with Crippen molar-refractivity contribution < 1.29 is 31.8 Å². The molecular formula is C15H14LiNO3S2. The van der Waals surface area contributed by atoms with Gasteiger partial charge in [-0.25, -0.2) is 8.42 Å². The summed E-state index contributed by atoms with van der Waals surface area (Å²) < 4.78 is 32.4. The van der Waals surface area contributed by atoms with Gasteiger partial charge in [-0.1, -0.05) is 36.0 Å². The maximum Gasteiger partial charge on any atom is 1.00 e. The molecule has 0 radical (unpaired) electrons. The minimum Gasteiger partial charge on any atom is -0.748 e. The number of anilines is 2. The fourth-order valence-electron chi connectivity index (χ4n) is 2.42. The van der Waals surface area contributed by atoms with E-state index < -0.39 is 10.1 Å². The Hall–Kier alpha value is -0.903. The van der Waals surface area contributed by atoms with Gasteiger partial charge in [0, 0.05) is 22.1 Å². The maximum absolute atomic E-state index is 10.8. The second-order valence-electron chi connectivity index (χ2n) is 4.80. The topological polar surface area (TPSA) is 60.4 Å². The van der Waals surface area contributed by atoms with Crippen LogP contribution in [0.15, 0.2) is 58.3 Å². The average molecular weight is 327 g/mol. The van der Waals surface area contributed by atoms with Crippen LogP contribution in [-0.4, -0.2) is 25.3 Å². The second-order valence-corrected chi connectivity index (χ2v) is 7.41. The Morgan fingerprint density at radius 2 is 1.45 bits per heavy atom. The van der Waals surface area contributed by atoms with Crippen LogP contribution in [0, 0.1) is 0 Å². The normalized spacial score (nSPS) is 13.0. The predicted molar refractivity (Wildman–Crippen MR) is 83.2 cm³/mol. The summed E-state index contributed by atoms with van der Waals surface area (Å²) >= 11 is 1.70. The van der Waals surface area contributed by atoms with Gasteiger partial charge in [0.1, 0.15) is 0 Å². The van der Waals surface area contributed by atoms with Crippen LogP contribution < -0.4 is 23.8 Å². The van der Waals surface area contributed by atoms with Crippen LogP contribution in [0.5, 0.6) is 0 Å². The van der Waals surface area contributed by atoms with E-state index in [1.54, 1.807) is 11.8 Å². The predicted octanol–water partition coefficient (Wildman–Crippen LogP) is 0.229. The molecule has 22 heavy (non-hydrogen) atoms. The summed E-state index contributed by atoms with van der Waals surface area (Å²) in [6, 6.07) is 16.0. The number of benzene rings is 2. The van der Waals surface area contributed by atoms with E-state index in [9.17, 15) is 13.0 Å². The first-order valence-corrected chi connectivity index (χ1v) is 9.01. The van der Waals surface area contributed by atoms with E-state index in [0.717, 1.165) is 21.2 Å². The van der Waals surface area contributed by atoms with Gasteiger partial charge in [0.2, 0.25) is 0 Å². The molecule has 0 bridgehead atoms. The SMILES string of the molecule is O=S(=O)([O-])CCCN1c2ccccc2Sc2ccccc21.[Li+]. The van der Waals surface area contributed by atoms with E-state index >= 15 is 0 Å². The van der Waals surface area contributed by atoms with Gasteiger partial charge in [0.25, 0.3) is 0 Å². The van der Waals surface area contributed by atoms with Crippen molar-refractivity contribution in [3.05, 3.63) is 48.5 Å². The smallest absolute Gasteiger partial charge is 0.748 e. The summed E-state index contributed by atoms with van der Waals surface area (Å²) in [6.45, 7) is 0.510. The van der Waals surface area contributed by atoms with Gasteiger partial charge in [-0.3, -0.25) is 0 Å². The summed E-state index contributed by atoms with van der Waals surface area (Å²) in [4.78, 5) is 4.37. The zero-order valence-electron chi connectivity index (χ0n) is 12.2. The van der Waals surface area contributed by atoms with Crippen molar-refractivity contribution in [3.63, 3.8) is 0 Å². The van der Waals surface area contributed by atoms with Gasteiger partial charge in [0.05, 0.1) is 21.5 Å². The van der Waals surface area contributed by atoms with Gasteiger partial charge < -0.3 is 9.45 Å². The van der Waals surface area contributed by atoms with Crippen LogP contribution >= 0.6 is 11.8 Å². The Morgan fingerprint density at radius 3 is 1.95 bits per heavy atom. The summed E-state index contributed by atoms with van der Waals surface area (Å²) in [7, 11) is -4.16. The third kappa shape index (κ3) is 3.89. The first kappa shape index (κ1) is 17.5. The number of hydrogen-bond acceptors (Lipinski definition) is 5. The fourth-order valence-corrected chi connectivity index (χ4v) is 4.00. The quantitative estimate of drug-likeness (QED) is 0.594. The van der Waals surface area contributed by atoms with E-state index in [4.69, 9.17) is 0 Å². The molecule has 0 aromatic heterocycles. The van der Waals surface area contributed by atoms with Crippen LogP contribution in [0.3, 0.4) is 0 Å². The zero-order valence-corrected chi connectivity index (χ0v) is 13.9. The molecule has 2 aromatic carbocycles. The summed E-state index contributed by atoms with van der Waals surface area (Å²) in [5, 5.41) is 0. The molecule has 1 heterocycles. The van der Waals surface area contributed by atoms with E-state index in [1.165, 1.54) is 0 Å². The van der Waals surface area contributed by atoms with Crippen molar-refractivity contribution in [1.29, 1.82) is 0 Å². The Labute approximate surface area is 146 Å². The molecule has 0 unspecified atom stereocenters. The first-order valence-electron chi connectivity index (χ1n) is 6.62. The van der Waals surface area contributed by atoms with Crippen molar-refractivity contribution in [2.45, 2.75) is 16.2 Å². The number of para-hydroxylation sites is 2. The molecule has 0 saturated heterocycles. The molecule has 0 amide bonds. The Morgan fingerprint density at radius 1 is 0.955 bits per heavy atom. The number of fused-ring (bicyclic) bond motifs is 2. The van der Waals surface area contributed by atoms with Crippen LogP contribution in [0.4, 0.5) is 11.4 Å². The summed E-state index contributed by atoms with van der Waals surface area (Å²) in [5.74, 6) is -0.332. The molecule has 3 rings (SSSR count). The molecule has 7 heteroatoms. The van der Waals surface area contributed by atoms with Gasteiger partial charge in [0.15, 0.2) is 0 Å². The maximum atomic E-state index is 10.8. The Kier molecular flexibility index (Phi) is 5.64. The third-order valence-electron chi connectivity index (χ3n) is 3.31. The molecule has 0 fully saturated rings. The molecule has 1 aliphatic rings. The van der Waals surface area contributed by atoms with E-state index in [0.29, 0.717) is 13.0 Å². The largest absolute Gasteiger partial charge is 1.00 e. The molecule has 4 nitrogen and oxygen atoms in total. The summed E-state index contributed by atoms with van der Waals surface area (Å²) in [6.07, 6.45) is 0.319. The van der Waals surface area contributed by atoms with Gasteiger partial charge in [-0.2, -0.15) is 0 Å². The fraction of sp³-hybridized carbons (Fsp3) is 0.200.